The molecule has 0 saturated carbocycles. The quantitative estimate of drug-likeness (QED) is 0.795. The second-order valence-corrected chi connectivity index (χ2v) is 5.90. The molecule has 3 nitrogen and oxygen atoms in total. The molecule has 1 aliphatic rings. The van der Waals surface area contributed by atoms with Crippen LogP contribution in [-0.2, 0) is 4.74 Å². The third-order valence-corrected chi connectivity index (χ3v) is 4.65. The van der Waals surface area contributed by atoms with Crippen LogP contribution in [0.2, 0.25) is 0 Å². The van der Waals surface area contributed by atoms with E-state index in [1.165, 1.54) is 0 Å². The summed E-state index contributed by atoms with van der Waals surface area (Å²) in [5, 5.41) is 0. The summed E-state index contributed by atoms with van der Waals surface area (Å²) >= 11 is 3.51. The summed E-state index contributed by atoms with van der Waals surface area (Å²) in [5.41, 5.74) is 2.60. The first-order valence-corrected chi connectivity index (χ1v) is 7.26. The van der Waals surface area contributed by atoms with Gasteiger partial charge >= 0.3 is 0 Å². The molecule has 1 fully saturated rings. The Morgan fingerprint density at radius 2 is 2.16 bits per heavy atom. The minimum Gasteiger partial charge on any atom is -0.496 e. The number of aryl methyl sites for hydroxylation is 1. The van der Waals surface area contributed by atoms with E-state index in [9.17, 15) is 4.79 Å². The van der Waals surface area contributed by atoms with E-state index in [-0.39, 0.29) is 17.8 Å². The van der Waals surface area contributed by atoms with Gasteiger partial charge in [0.1, 0.15) is 5.75 Å². The maximum absolute atomic E-state index is 12.8. The number of rotatable bonds is 3. The van der Waals surface area contributed by atoms with Gasteiger partial charge < -0.3 is 9.47 Å². The van der Waals surface area contributed by atoms with E-state index in [4.69, 9.17) is 9.47 Å². The molecule has 2 unspecified atom stereocenters. The second-order valence-electron chi connectivity index (χ2n) is 5.04. The fourth-order valence-corrected chi connectivity index (χ4v) is 3.21. The van der Waals surface area contributed by atoms with Crippen molar-refractivity contribution >= 4 is 21.7 Å². The summed E-state index contributed by atoms with van der Waals surface area (Å²) < 4.78 is 11.9. The molecule has 0 aliphatic carbocycles. The molecule has 104 valence electrons. The van der Waals surface area contributed by atoms with Crippen LogP contribution >= 0.6 is 15.9 Å². The minimum absolute atomic E-state index is 0.0177. The minimum atomic E-state index is -0.0682. The van der Waals surface area contributed by atoms with Gasteiger partial charge in [-0.05, 0) is 44.4 Å². The molecule has 0 spiro atoms. The van der Waals surface area contributed by atoms with E-state index in [1.54, 1.807) is 7.11 Å². The topological polar surface area (TPSA) is 35.5 Å². The zero-order valence-electron chi connectivity index (χ0n) is 11.7. The fourth-order valence-electron chi connectivity index (χ4n) is 2.67. The molecule has 0 aromatic heterocycles. The summed E-state index contributed by atoms with van der Waals surface area (Å²) in [5.74, 6) is 0.745. The highest BCUT2D eigenvalue weighted by Gasteiger charge is 2.34. The van der Waals surface area contributed by atoms with Gasteiger partial charge in [0, 0.05) is 11.1 Å². The van der Waals surface area contributed by atoms with E-state index in [0.717, 1.165) is 22.0 Å². The number of halogens is 1. The smallest absolute Gasteiger partial charge is 0.172 e. The first kappa shape index (κ1) is 14.5. The predicted molar refractivity (Wildman–Crippen MR) is 78.0 cm³/mol. The van der Waals surface area contributed by atoms with Gasteiger partial charge in [0.2, 0.25) is 0 Å². The number of hydrogen-bond donors (Lipinski definition) is 0. The number of methoxy groups -OCH3 is 1. The Kier molecular flexibility index (Phi) is 4.31. The predicted octanol–water partition coefficient (Wildman–Crippen LogP) is 3.68. The standard InChI is InChI=1S/C15H19BrO3/c1-8-7-12(16)9(2)13(15(8)18-4)14(17)11-5-6-19-10(11)3/h7,10-11H,5-6H2,1-4H3. The molecule has 1 saturated heterocycles. The number of benzene rings is 1. The maximum Gasteiger partial charge on any atom is 0.172 e. The summed E-state index contributed by atoms with van der Waals surface area (Å²) in [4.78, 5) is 12.8. The van der Waals surface area contributed by atoms with Crippen LogP contribution in [0.15, 0.2) is 10.5 Å². The third kappa shape index (κ3) is 2.56. The molecule has 1 aromatic carbocycles. The largest absolute Gasteiger partial charge is 0.496 e. The Morgan fingerprint density at radius 1 is 1.47 bits per heavy atom. The Balaban J connectivity index is 2.51. The number of ketones is 1. The van der Waals surface area contributed by atoms with Crippen LogP contribution in [-0.4, -0.2) is 25.6 Å². The molecule has 1 aliphatic heterocycles. The van der Waals surface area contributed by atoms with Gasteiger partial charge in [-0.2, -0.15) is 0 Å². The molecule has 4 heteroatoms. The summed E-state index contributed by atoms with van der Waals surface area (Å²) in [7, 11) is 1.61. The maximum atomic E-state index is 12.8. The van der Waals surface area contributed by atoms with Crippen LogP contribution in [0.5, 0.6) is 5.75 Å². The lowest BCUT2D eigenvalue weighted by atomic mass is 9.88. The lowest BCUT2D eigenvalue weighted by Gasteiger charge is -2.19. The van der Waals surface area contributed by atoms with Crippen molar-refractivity contribution in [2.24, 2.45) is 5.92 Å². The first-order chi connectivity index (χ1) is 8.97. The lowest BCUT2D eigenvalue weighted by molar-refractivity contribution is 0.0761. The van der Waals surface area contributed by atoms with E-state index in [1.807, 2.05) is 26.8 Å². The molecular weight excluding hydrogens is 308 g/mol. The van der Waals surface area contributed by atoms with Gasteiger partial charge in [-0.25, -0.2) is 0 Å². The van der Waals surface area contributed by atoms with Crippen LogP contribution < -0.4 is 4.74 Å². The van der Waals surface area contributed by atoms with E-state index >= 15 is 0 Å². The van der Waals surface area contributed by atoms with Crippen LogP contribution in [0.3, 0.4) is 0 Å². The van der Waals surface area contributed by atoms with Gasteiger partial charge in [0.25, 0.3) is 0 Å². The molecule has 2 rings (SSSR count). The van der Waals surface area contributed by atoms with Crippen molar-refractivity contribution in [2.75, 3.05) is 13.7 Å². The molecule has 0 N–H and O–H groups in total. The Morgan fingerprint density at radius 3 is 2.68 bits per heavy atom. The van der Waals surface area contributed by atoms with Crippen molar-refractivity contribution in [3.05, 3.63) is 27.2 Å². The van der Waals surface area contributed by atoms with Crippen molar-refractivity contribution in [1.82, 2.24) is 0 Å². The summed E-state index contributed by atoms with van der Waals surface area (Å²) in [6.45, 7) is 6.52. The van der Waals surface area contributed by atoms with Crippen molar-refractivity contribution in [3.63, 3.8) is 0 Å². The number of Topliss-reactive ketones (excluding diaryl/α,β-unsaturated/α-hetero) is 1. The lowest BCUT2D eigenvalue weighted by Crippen LogP contribution is -2.23. The van der Waals surface area contributed by atoms with Gasteiger partial charge in [-0.15, -0.1) is 0 Å². The number of ether oxygens (including phenoxy) is 2. The van der Waals surface area contributed by atoms with Crippen molar-refractivity contribution in [3.8, 4) is 5.75 Å². The monoisotopic (exact) mass is 326 g/mol. The molecular formula is C15H19BrO3. The zero-order chi connectivity index (χ0) is 14.2. The highest BCUT2D eigenvalue weighted by molar-refractivity contribution is 9.10. The van der Waals surface area contributed by atoms with E-state index < -0.39 is 0 Å². The van der Waals surface area contributed by atoms with E-state index in [0.29, 0.717) is 17.9 Å². The SMILES string of the molecule is COc1c(C)cc(Br)c(C)c1C(=O)C1CCOC1C. The molecule has 0 radical (unpaired) electrons. The summed E-state index contributed by atoms with van der Waals surface area (Å²) in [6, 6.07) is 1.99. The van der Waals surface area contributed by atoms with Gasteiger partial charge in [-0.3, -0.25) is 4.79 Å². The van der Waals surface area contributed by atoms with E-state index in [2.05, 4.69) is 15.9 Å². The Labute approximate surface area is 122 Å². The number of carbonyl (C=O) groups is 1. The molecule has 2 atom stereocenters. The van der Waals surface area contributed by atoms with Crippen LogP contribution in [0.1, 0.15) is 34.8 Å². The third-order valence-electron chi connectivity index (χ3n) is 3.83. The van der Waals surface area contributed by atoms with Crippen LogP contribution in [0.25, 0.3) is 0 Å². The highest BCUT2D eigenvalue weighted by atomic mass is 79.9. The average Bonchev–Trinajstić information content (AvgIpc) is 2.79. The zero-order valence-corrected chi connectivity index (χ0v) is 13.3. The molecule has 19 heavy (non-hydrogen) atoms. The number of carbonyl (C=O) groups excluding carboxylic acids is 1. The van der Waals surface area contributed by atoms with Gasteiger partial charge in [0.05, 0.1) is 24.7 Å². The van der Waals surface area contributed by atoms with Crippen LogP contribution in [0.4, 0.5) is 0 Å². The second kappa shape index (κ2) is 5.63. The van der Waals surface area contributed by atoms with Crippen molar-refractivity contribution < 1.29 is 14.3 Å². The summed E-state index contributed by atoms with van der Waals surface area (Å²) in [6.07, 6.45) is 0.768. The Bertz CT molecular complexity index is 511. The van der Waals surface area contributed by atoms with Gasteiger partial charge in [-0.1, -0.05) is 15.9 Å². The normalized spacial score (nSPS) is 22.6. The Hall–Kier alpha value is -0.870. The average molecular weight is 327 g/mol. The first-order valence-electron chi connectivity index (χ1n) is 6.46. The highest BCUT2D eigenvalue weighted by Crippen LogP contribution is 2.36. The van der Waals surface area contributed by atoms with Crippen LogP contribution in [0, 0.1) is 19.8 Å². The molecule has 0 bridgehead atoms. The van der Waals surface area contributed by atoms with Crippen molar-refractivity contribution in [2.45, 2.75) is 33.3 Å². The molecule has 0 amide bonds. The molecule has 1 heterocycles. The molecule has 1 aromatic rings. The number of hydrogen-bond acceptors (Lipinski definition) is 3. The van der Waals surface area contributed by atoms with Crippen molar-refractivity contribution in [1.29, 1.82) is 0 Å². The fraction of sp³-hybridized carbons (Fsp3) is 0.533. The van der Waals surface area contributed by atoms with Gasteiger partial charge in [0.15, 0.2) is 5.78 Å².